The molecule has 21 heavy (non-hydrogen) atoms. The van der Waals surface area contributed by atoms with Crippen LogP contribution in [0.25, 0.3) is 0 Å². The van der Waals surface area contributed by atoms with Crippen LogP contribution in [0.5, 0.6) is 0 Å². The first-order chi connectivity index (χ1) is 10.2. The predicted octanol–water partition coefficient (Wildman–Crippen LogP) is 2.09. The minimum absolute atomic E-state index is 0.335. The van der Waals surface area contributed by atoms with Gasteiger partial charge in [0.2, 0.25) is 0 Å². The summed E-state index contributed by atoms with van der Waals surface area (Å²) in [5, 5.41) is 9.99. The smallest absolute Gasteiger partial charge is 0.0900 e. The van der Waals surface area contributed by atoms with E-state index >= 15 is 0 Å². The summed E-state index contributed by atoms with van der Waals surface area (Å²) in [5.41, 5.74) is 2.11. The van der Waals surface area contributed by atoms with E-state index in [9.17, 15) is 5.11 Å². The second-order valence-electron chi connectivity index (χ2n) is 5.17. The van der Waals surface area contributed by atoms with Gasteiger partial charge >= 0.3 is 0 Å². The molecule has 4 nitrogen and oxygen atoms in total. The SMILES string of the molecule is CN(Cc1ccccn1)CC(O)COCc1ccccc1. The number of rotatable bonds is 8. The minimum atomic E-state index is -0.498. The number of pyridine rings is 1. The van der Waals surface area contributed by atoms with Crippen molar-refractivity contribution in [1.29, 1.82) is 0 Å². The lowest BCUT2D eigenvalue weighted by Gasteiger charge is -2.20. The zero-order chi connectivity index (χ0) is 14.9. The molecule has 0 spiro atoms. The van der Waals surface area contributed by atoms with Gasteiger partial charge in [-0.05, 0) is 24.7 Å². The van der Waals surface area contributed by atoms with Crippen LogP contribution in [0.15, 0.2) is 54.7 Å². The van der Waals surface area contributed by atoms with Gasteiger partial charge in [-0.25, -0.2) is 0 Å². The summed E-state index contributed by atoms with van der Waals surface area (Å²) in [5.74, 6) is 0. The third-order valence-electron chi connectivity index (χ3n) is 3.10. The van der Waals surface area contributed by atoms with Crippen LogP contribution >= 0.6 is 0 Å². The van der Waals surface area contributed by atoms with Gasteiger partial charge in [0.05, 0.1) is 25.0 Å². The number of aromatic nitrogens is 1. The first-order valence-electron chi connectivity index (χ1n) is 7.12. The molecule has 1 aromatic heterocycles. The Hall–Kier alpha value is -1.75. The lowest BCUT2D eigenvalue weighted by atomic mass is 10.2. The molecule has 2 rings (SSSR count). The number of aliphatic hydroxyl groups excluding tert-OH is 1. The summed E-state index contributed by atoms with van der Waals surface area (Å²) in [7, 11) is 1.97. The van der Waals surface area contributed by atoms with E-state index in [1.165, 1.54) is 0 Å². The third-order valence-corrected chi connectivity index (χ3v) is 3.10. The quantitative estimate of drug-likeness (QED) is 0.807. The Morgan fingerprint density at radius 1 is 1.14 bits per heavy atom. The monoisotopic (exact) mass is 286 g/mol. The highest BCUT2D eigenvalue weighted by Crippen LogP contribution is 2.03. The van der Waals surface area contributed by atoms with Crippen LogP contribution < -0.4 is 0 Å². The molecule has 1 atom stereocenters. The number of ether oxygens (including phenoxy) is 1. The van der Waals surface area contributed by atoms with E-state index in [-0.39, 0.29) is 0 Å². The van der Waals surface area contributed by atoms with Crippen LogP contribution in [0.4, 0.5) is 0 Å². The molecule has 0 amide bonds. The molecule has 0 saturated heterocycles. The molecule has 0 aliphatic heterocycles. The largest absolute Gasteiger partial charge is 0.389 e. The second kappa shape index (κ2) is 8.52. The van der Waals surface area contributed by atoms with Crippen LogP contribution in [0.3, 0.4) is 0 Å². The van der Waals surface area contributed by atoms with Crippen LogP contribution in [-0.2, 0) is 17.9 Å². The van der Waals surface area contributed by atoms with E-state index in [0.717, 1.165) is 17.8 Å². The third kappa shape index (κ3) is 6.04. The summed E-state index contributed by atoms with van der Waals surface area (Å²) < 4.78 is 5.54. The standard InChI is InChI=1S/C17H22N2O2/c1-19(11-16-9-5-6-10-18-16)12-17(20)14-21-13-15-7-3-2-4-8-15/h2-10,17,20H,11-14H2,1H3. The molecule has 0 fully saturated rings. The maximum atomic E-state index is 9.99. The van der Waals surface area contributed by atoms with Crippen molar-refractivity contribution in [2.24, 2.45) is 0 Å². The van der Waals surface area contributed by atoms with Gasteiger partial charge in [0.25, 0.3) is 0 Å². The van der Waals surface area contributed by atoms with Gasteiger partial charge in [-0.15, -0.1) is 0 Å². The van der Waals surface area contributed by atoms with E-state index in [0.29, 0.717) is 19.8 Å². The van der Waals surface area contributed by atoms with Crippen LogP contribution in [0.1, 0.15) is 11.3 Å². The van der Waals surface area contributed by atoms with Crippen LogP contribution in [0, 0.1) is 0 Å². The Morgan fingerprint density at radius 3 is 2.62 bits per heavy atom. The van der Waals surface area contributed by atoms with Gasteiger partial charge in [0.1, 0.15) is 0 Å². The molecular formula is C17H22N2O2. The summed E-state index contributed by atoms with van der Waals surface area (Å²) in [4.78, 5) is 6.31. The summed E-state index contributed by atoms with van der Waals surface area (Å²) >= 11 is 0. The fourth-order valence-electron chi connectivity index (χ4n) is 2.13. The van der Waals surface area contributed by atoms with Crippen molar-refractivity contribution in [3.63, 3.8) is 0 Å². The molecule has 0 radical (unpaired) electrons. The number of aliphatic hydroxyl groups is 1. The van der Waals surface area contributed by atoms with E-state index in [1.807, 2.05) is 60.5 Å². The molecule has 112 valence electrons. The summed E-state index contributed by atoms with van der Waals surface area (Å²) in [6.07, 6.45) is 1.28. The van der Waals surface area contributed by atoms with Gasteiger partial charge < -0.3 is 9.84 Å². The zero-order valence-electron chi connectivity index (χ0n) is 12.4. The van der Waals surface area contributed by atoms with Crippen molar-refractivity contribution in [3.05, 3.63) is 66.0 Å². The number of hydrogen-bond acceptors (Lipinski definition) is 4. The van der Waals surface area contributed by atoms with Crippen LogP contribution in [0.2, 0.25) is 0 Å². The van der Waals surface area contributed by atoms with Crippen molar-refractivity contribution in [1.82, 2.24) is 9.88 Å². The highest BCUT2D eigenvalue weighted by Gasteiger charge is 2.09. The van der Waals surface area contributed by atoms with Crippen LogP contribution in [-0.4, -0.2) is 41.3 Å². The predicted molar refractivity (Wildman–Crippen MR) is 82.7 cm³/mol. The number of benzene rings is 1. The van der Waals surface area contributed by atoms with E-state index in [1.54, 1.807) is 6.20 Å². The molecular weight excluding hydrogens is 264 g/mol. The Morgan fingerprint density at radius 2 is 1.90 bits per heavy atom. The number of hydrogen-bond donors (Lipinski definition) is 1. The van der Waals surface area contributed by atoms with Gasteiger partial charge in [0, 0.05) is 19.3 Å². The molecule has 0 bridgehead atoms. The van der Waals surface area contributed by atoms with Crippen molar-refractivity contribution in [2.75, 3.05) is 20.2 Å². The van der Waals surface area contributed by atoms with E-state index < -0.39 is 6.10 Å². The van der Waals surface area contributed by atoms with Crippen molar-refractivity contribution in [3.8, 4) is 0 Å². The van der Waals surface area contributed by atoms with Crippen molar-refractivity contribution >= 4 is 0 Å². The Kier molecular flexibility index (Phi) is 6.34. The highest BCUT2D eigenvalue weighted by atomic mass is 16.5. The second-order valence-corrected chi connectivity index (χ2v) is 5.17. The van der Waals surface area contributed by atoms with Gasteiger partial charge in [-0.2, -0.15) is 0 Å². The molecule has 1 N–H and O–H groups in total. The highest BCUT2D eigenvalue weighted by molar-refractivity contribution is 5.13. The molecule has 2 aromatic rings. The fourth-order valence-corrected chi connectivity index (χ4v) is 2.13. The van der Waals surface area contributed by atoms with E-state index in [2.05, 4.69) is 4.98 Å². The molecule has 0 aliphatic rings. The Bertz CT molecular complexity index is 505. The van der Waals surface area contributed by atoms with Crippen molar-refractivity contribution < 1.29 is 9.84 Å². The molecule has 0 saturated carbocycles. The Labute approximate surface area is 126 Å². The van der Waals surface area contributed by atoms with Gasteiger partial charge in [-0.1, -0.05) is 36.4 Å². The maximum Gasteiger partial charge on any atom is 0.0900 e. The fraction of sp³-hybridized carbons (Fsp3) is 0.353. The zero-order valence-corrected chi connectivity index (χ0v) is 12.4. The molecule has 1 heterocycles. The Balaban J connectivity index is 1.66. The average Bonchev–Trinajstić information content (AvgIpc) is 2.49. The molecule has 0 aliphatic carbocycles. The number of likely N-dealkylation sites (N-methyl/N-ethyl adjacent to an activating group) is 1. The average molecular weight is 286 g/mol. The number of nitrogens with zero attached hydrogens (tertiary/aromatic N) is 2. The molecule has 4 heteroatoms. The van der Waals surface area contributed by atoms with Crippen molar-refractivity contribution in [2.45, 2.75) is 19.3 Å². The minimum Gasteiger partial charge on any atom is -0.389 e. The summed E-state index contributed by atoms with van der Waals surface area (Å²) in [6.45, 7) is 2.14. The van der Waals surface area contributed by atoms with Gasteiger partial charge in [0.15, 0.2) is 0 Å². The lowest BCUT2D eigenvalue weighted by molar-refractivity contribution is 0.0125. The molecule has 1 aromatic carbocycles. The lowest BCUT2D eigenvalue weighted by Crippen LogP contribution is -2.32. The first kappa shape index (κ1) is 15.6. The first-order valence-corrected chi connectivity index (χ1v) is 7.12. The maximum absolute atomic E-state index is 9.99. The summed E-state index contributed by atoms with van der Waals surface area (Å²) in [6, 6.07) is 15.8. The van der Waals surface area contributed by atoms with E-state index in [4.69, 9.17) is 4.74 Å². The molecule has 1 unspecified atom stereocenters. The normalized spacial score (nSPS) is 12.5. The topological polar surface area (TPSA) is 45.6 Å². The van der Waals surface area contributed by atoms with Gasteiger partial charge in [-0.3, -0.25) is 9.88 Å².